The van der Waals surface area contributed by atoms with Crippen molar-refractivity contribution in [3.63, 3.8) is 0 Å². The maximum Gasteiger partial charge on any atom is 0.255 e. The Bertz CT molecular complexity index is 635. The number of anilines is 1. The molecule has 0 heterocycles. The number of hydrogen-bond donors (Lipinski definition) is 2. The third kappa shape index (κ3) is 4.17. The van der Waals surface area contributed by atoms with Crippen molar-refractivity contribution in [2.45, 2.75) is 26.7 Å². The highest BCUT2D eigenvalue weighted by Crippen LogP contribution is 2.16. The molecule has 0 aliphatic carbocycles. The van der Waals surface area contributed by atoms with Gasteiger partial charge in [0.2, 0.25) is 0 Å². The Kier molecular flexibility index (Phi) is 5.12. The van der Waals surface area contributed by atoms with E-state index in [1.54, 1.807) is 0 Å². The summed E-state index contributed by atoms with van der Waals surface area (Å²) in [4.78, 5) is 12.4. The second kappa shape index (κ2) is 7.04. The standard InChI is InChI=1S/C18H21NO2/c1-13-8-9-14(2)17(11-13)18(21)19-16-7-3-5-15(12-16)6-4-10-20/h3,5,7-9,11-12,20H,4,6,10H2,1-2H3,(H,19,21). The van der Waals surface area contributed by atoms with Gasteiger partial charge in [-0.2, -0.15) is 0 Å². The van der Waals surface area contributed by atoms with E-state index in [4.69, 9.17) is 5.11 Å². The Labute approximate surface area is 125 Å². The smallest absolute Gasteiger partial charge is 0.255 e. The molecular weight excluding hydrogens is 262 g/mol. The average molecular weight is 283 g/mol. The van der Waals surface area contributed by atoms with Gasteiger partial charge in [-0.05, 0) is 56.0 Å². The SMILES string of the molecule is Cc1ccc(C)c(C(=O)Nc2cccc(CCCO)c2)c1. The number of rotatable bonds is 5. The van der Waals surface area contributed by atoms with Gasteiger partial charge in [0.05, 0.1) is 0 Å². The molecular formula is C18H21NO2. The molecule has 2 aromatic rings. The first-order valence-electron chi connectivity index (χ1n) is 7.18. The van der Waals surface area contributed by atoms with E-state index < -0.39 is 0 Å². The second-order valence-electron chi connectivity index (χ2n) is 5.30. The van der Waals surface area contributed by atoms with Crippen molar-refractivity contribution >= 4 is 11.6 Å². The van der Waals surface area contributed by atoms with E-state index in [0.29, 0.717) is 5.56 Å². The lowest BCUT2D eigenvalue weighted by Gasteiger charge is -2.10. The molecule has 110 valence electrons. The van der Waals surface area contributed by atoms with E-state index in [0.717, 1.165) is 35.2 Å². The number of aliphatic hydroxyl groups excluding tert-OH is 1. The van der Waals surface area contributed by atoms with E-state index in [1.165, 1.54) is 0 Å². The van der Waals surface area contributed by atoms with Gasteiger partial charge in [-0.25, -0.2) is 0 Å². The topological polar surface area (TPSA) is 49.3 Å². The van der Waals surface area contributed by atoms with Crippen LogP contribution in [0, 0.1) is 13.8 Å². The van der Waals surface area contributed by atoms with Crippen LogP contribution in [-0.2, 0) is 6.42 Å². The molecule has 2 aromatic carbocycles. The van der Waals surface area contributed by atoms with Gasteiger partial charge < -0.3 is 10.4 Å². The lowest BCUT2D eigenvalue weighted by atomic mass is 10.0. The first kappa shape index (κ1) is 15.3. The largest absolute Gasteiger partial charge is 0.396 e. The minimum atomic E-state index is -0.0875. The molecule has 0 aliphatic rings. The van der Waals surface area contributed by atoms with Crippen LogP contribution in [0.5, 0.6) is 0 Å². The molecule has 1 amide bonds. The lowest BCUT2D eigenvalue weighted by Crippen LogP contribution is -2.13. The Morgan fingerprint density at radius 1 is 1.14 bits per heavy atom. The van der Waals surface area contributed by atoms with Gasteiger partial charge in [-0.15, -0.1) is 0 Å². The van der Waals surface area contributed by atoms with Gasteiger partial charge in [-0.3, -0.25) is 4.79 Å². The van der Waals surface area contributed by atoms with Crippen LogP contribution in [0.15, 0.2) is 42.5 Å². The van der Waals surface area contributed by atoms with E-state index in [2.05, 4.69) is 5.32 Å². The third-order valence-electron chi connectivity index (χ3n) is 3.45. The fourth-order valence-corrected chi connectivity index (χ4v) is 2.27. The summed E-state index contributed by atoms with van der Waals surface area (Å²) in [6.07, 6.45) is 1.54. The van der Waals surface area contributed by atoms with Crippen molar-refractivity contribution in [3.05, 3.63) is 64.7 Å². The summed E-state index contributed by atoms with van der Waals surface area (Å²) in [6, 6.07) is 13.6. The maximum absolute atomic E-state index is 12.4. The van der Waals surface area contributed by atoms with Crippen molar-refractivity contribution in [2.24, 2.45) is 0 Å². The number of nitrogens with one attached hydrogen (secondary N) is 1. The van der Waals surface area contributed by atoms with Crippen LogP contribution in [0.4, 0.5) is 5.69 Å². The number of hydrogen-bond acceptors (Lipinski definition) is 2. The van der Waals surface area contributed by atoms with Gasteiger partial charge in [0.1, 0.15) is 0 Å². The van der Waals surface area contributed by atoms with E-state index in [9.17, 15) is 4.79 Å². The molecule has 0 saturated heterocycles. The summed E-state index contributed by atoms with van der Waals surface area (Å²) in [5.41, 5.74) is 4.65. The zero-order chi connectivity index (χ0) is 15.2. The van der Waals surface area contributed by atoms with Crippen LogP contribution in [0.3, 0.4) is 0 Å². The first-order chi connectivity index (χ1) is 10.1. The molecule has 0 atom stereocenters. The molecule has 0 unspecified atom stereocenters. The monoisotopic (exact) mass is 283 g/mol. The van der Waals surface area contributed by atoms with Crippen molar-refractivity contribution in [3.8, 4) is 0 Å². The number of aliphatic hydroxyl groups is 1. The minimum absolute atomic E-state index is 0.0875. The maximum atomic E-state index is 12.4. The molecule has 0 saturated carbocycles. The van der Waals surface area contributed by atoms with Gasteiger partial charge in [0.25, 0.3) is 5.91 Å². The molecule has 0 spiro atoms. The van der Waals surface area contributed by atoms with Crippen LogP contribution in [0.25, 0.3) is 0 Å². The van der Waals surface area contributed by atoms with Crippen molar-refractivity contribution in [2.75, 3.05) is 11.9 Å². The summed E-state index contributed by atoms with van der Waals surface area (Å²) < 4.78 is 0. The molecule has 0 radical (unpaired) electrons. The third-order valence-corrected chi connectivity index (χ3v) is 3.45. The molecule has 3 heteroatoms. The highest BCUT2D eigenvalue weighted by atomic mass is 16.2. The summed E-state index contributed by atoms with van der Waals surface area (Å²) in [5, 5.41) is 11.8. The Morgan fingerprint density at radius 2 is 1.95 bits per heavy atom. The summed E-state index contributed by atoms with van der Waals surface area (Å²) in [5.74, 6) is -0.0875. The van der Waals surface area contributed by atoms with Crippen LogP contribution in [0.1, 0.15) is 33.5 Å². The zero-order valence-electron chi connectivity index (χ0n) is 12.5. The van der Waals surface area contributed by atoms with Crippen molar-refractivity contribution < 1.29 is 9.90 Å². The molecule has 2 rings (SSSR count). The van der Waals surface area contributed by atoms with Gasteiger partial charge in [-0.1, -0.05) is 29.8 Å². The Hall–Kier alpha value is -2.13. The number of carbonyl (C=O) groups excluding carboxylic acids is 1. The summed E-state index contributed by atoms with van der Waals surface area (Å²) in [6.45, 7) is 4.09. The van der Waals surface area contributed by atoms with E-state index >= 15 is 0 Å². The predicted molar refractivity (Wildman–Crippen MR) is 85.7 cm³/mol. The fraction of sp³-hybridized carbons (Fsp3) is 0.278. The van der Waals surface area contributed by atoms with Gasteiger partial charge in [0.15, 0.2) is 0 Å². The number of aryl methyl sites for hydroxylation is 3. The molecule has 2 N–H and O–H groups in total. The predicted octanol–water partition coefficient (Wildman–Crippen LogP) is 3.48. The van der Waals surface area contributed by atoms with Gasteiger partial charge in [0, 0.05) is 17.9 Å². The van der Waals surface area contributed by atoms with Crippen molar-refractivity contribution in [1.29, 1.82) is 0 Å². The first-order valence-corrected chi connectivity index (χ1v) is 7.18. The fourth-order valence-electron chi connectivity index (χ4n) is 2.27. The van der Waals surface area contributed by atoms with Crippen LogP contribution >= 0.6 is 0 Å². The van der Waals surface area contributed by atoms with Crippen molar-refractivity contribution in [1.82, 2.24) is 0 Å². The molecule has 0 bridgehead atoms. The molecule has 0 fully saturated rings. The average Bonchev–Trinajstić information content (AvgIpc) is 2.48. The number of amides is 1. The number of carbonyl (C=O) groups is 1. The minimum Gasteiger partial charge on any atom is -0.396 e. The van der Waals surface area contributed by atoms with E-state index in [1.807, 2.05) is 56.3 Å². The lowest BCUT2D eigenvalue weighted by molar-refractivity contribution is 0.102. The zero-order valence-corrected chi connectivity index (χ0v) is 12.5. The van der Waals surface area contributed by atoms with Crippen LogP contribution < -0.4 is 5.32 Å². The molecule has 3 nitrogen and oxygen atoms in total. The number of benzene rings is 2. The van der Waals surface area contributed by atoms with Crippen LogP contribution in [-0.4, -0.2) is 17.6 Å². The highest BCUT2D eigenvalue weighted by Gasteiger charge is 2.09. The molecule has 0 aromatic heterocycles. The normalized spacial score (nSPS) is 10.4. The van der Waals surface area contributed by atoms with Crippen LogP contribution in [0.2, 0.25) is 0 Å². The quantitative estimate of drug-likeness (QED) is 0.882. The summed E-state index contributed by atoms with van der Waals surface area (Å²) in [7, 11) is 0. The molecule has 0 aliphatic heterocycles. The summed E-state index contributed by atoms with van der Waals surface area (Å²) >= 11 is 0. The Morgan fingerprint density at radius 3 is 2.71 bits per heavy atom. The Balaban J connectivity index is 2.14. The highest BCUT2D eigenvalue weighted by molar-refractivity contribution is 6.05. The van der Waals surface area contributed by atoms with Gasteiger partial charge >= 0.3 is 0 Å². The second-order valence-corrected chi connectivity index (χ2v) is 5.30. The van der Waals surface area contributed by atoms with E-state index in [-0.39, 0.29) is 12.5 Å². The molecule has 21 heavy (non-hydrogen) atoms.